The zero-order valence-corrected chi connectivity index (χ0v) is 17.8. The van der Waals surface area contributed by atoms with E-state index in [0.717, 1.165) is 37.2 Å². The summed E-state index contributed by atoms with van der Waals surface area (Å²) in [6, 6.07) is 0. The quantitative estimate of drug-likeness (QED) is 0.465. The molecule has 0 aromatic carbocycles. The fraction of sp³-hybridized carbons (Fsp3) is 0.778. The van der Waals surface area contributed by atoms with E-state index in [9.17, 15) is 8.42 Å². The summed E-state index contributed by atoms with van der Waals surface area (Å²) in [6.45, 7) is 10.7. The highest BCUT2D eigenvalue weighted by Gasteiger charge is 2.21. The fourth-order valence-corrected chi connectivity index (χ4v) is 3.92. The Kier molecular flexibility index (Phi) is 11.2. The van der Waals surface area contributed by atoms with Gasteiger partial charge in [0, 0.05) is 10.8 Å². The normalized spacial score (nSPS) is 16.3. The lowest BCUT2D eigenvalue weighted by Crippen LogP contribution is -2.28. The number of fused-ring (bicyclic) bond motifs is 1. The van der Waals surface area contributed by atoms with Gasteiger partial charge in [0.25, 0.3) is 10.1 Å². The van der Waals surface area contributed by atoms with Gasteiger partial charge in [-0.25, -0.2) is 0 Å². The van der Waals surface area contributed by atoms with E-state index < -0.39 is 10.1 Å². The molecular weight excluding hydrogens is 374 g/mol. The van der Waals surface area contributed by atoms with Crippen LogP contribution in [0.15, 0.2) is 10.8 Å². The molecule has 0 spiro atoms. The molecule has 1 aliphatic rings. The van der Waals surface area contributed by atoms with Crippen LogP contribution < -0.4 is 9.47 Å². The van der Waals surface area contributed by atoms with Crippen molar-refractivity contribution in [2.24, 2.45) is 0 Å². The maximum Gasteiger partial charge on any atom is 0.264 e. The molecule has 1 atom stereocenters. The molecule has 1 aliphatic heterocycles. The van der Waals surface area contributed by atoms with Crippen molar-refractivity contribution in [3.05, 3.63) is 10.8 Å². The van der Waals surface area contributed by atoms with E-state index in [1.54, 1.807) is 11.3 Å². The largest absolute Gasteiger partial charge is 0.485 e. The molecule has 2 rings (SSSR count). The van der Waals surface area contributed by atoms with E-state index in [-0.39, 0.29) is 11.9 Å². The van der Waals surface area contributed by atoms with Crippen molar-refractivity contribution < 1.29 is 22.4 Å². The SMILES string of the molecule is CCN(CC)CC.O=S(=O)(O)CCCCCCC1COc2cscc2O1. The third-order valence-corrected chi connectivity index (χ3v) is 5.84. The van der Waals surface area contributed by atoms with Crippen LogP contribution in [0.2, 0.25) is 0 Å². The summed E-state index contributed by atoms with van der Waals surface area (Å²) in [5.41, 5.74) is 0. The van der Waals surface area contributed by atoms with Crippen molar-refractivity contribution in [3.8, 4) is 11.5 Å². The van der Waals surface area contributed by atoms with E-state index >= 15 is 0 Å². The van der Waals surface area contributed by atoms with Gasteiger partial charge in [-0.3, -0.25) is 4.55 Å². The third kappa shape index (κ3) is 9.75. The number of rotatable bonds is 10. The van der Waals surface area contributed by atoms with Crippen LogP contribution in [-0.2, 0) is 10.1 Å². The van der Waals surface area contributed by atoms with Crippen molar-refractivity contribution in [1.82, 2.24) is 4.90 Å². The van der Waals surface area contributed by atoms with Crippen molar-refractivity contribution in [2.75, 3.05) is 32.0 Å². The van der Waals surface area contributed by atoms with E-state index in [4.69, 9.17) is 14.0 Å². The summed E-state index contributed by atoms with van der Waals surface area (Å²) in [5, 5.41) is 3.87. The lowest BCUT2D eigenvalue weighted by Gasteiger charge is -2.24. The highest BCUT2D eigenvalue weighted by Crippen LogP contribution is 2.36. The summed E-state index contributed by atoms with van der Waals surface area (Å²) in [5.74, 6) is 1.51. The Balaban J connectivity index is 0.000000412. The average Bonchev–Trinajstić information content (AvgIpc) is 3.07. The highest BCUT2D eigenvalue weighted by molar-refractivity contribution is 7.85. The molecule has 1 aromatic rings. The van der Waals surface area contributed by atoms with Gasteiger partial charge in [-0.05, 0) is 38.9 Å². The molecule has 1 unspecified atom stereocenters. The topological polar surface area (TPSA) is 76.1 Å². The van der Waals surface area contributed by atoms with E-state index in [1.165, 1.54) is 19.6 Å². The van der Waals surface area contributed by atoms with Gasteiger partial charge in [0.2, 0.25) is 0 Å². The van der Waals surface area contributed by atoms with Crippen LogP contribution in [0.25, 0.3) is 0 Å². The number of thiophene rings is 1. The van der Waals surface area contributed by atoms with Gasteiger partial charge >= 0.3 is 0 Å². The average molecular weight is 408 g/mol. The Hall–Kier alpha value is -0.830. The van der Waals surface area contributed by atoms with E-state index in [2.05, 4.69) is 25.7 Å². The van der Waals surface area contributed by atoms with Crippen molar-refractivity contribution in [3.63, 3.8) is 0 Å². The predicted octanol–water partition coefficient (Wildman–Crippen LogP) is 4.07. The summed E-state index contributed by atoms with van der Waals surface area (Å²) in [6.07, 6.45) is 4.21. The smallest absolute Gasteiger partial charge is 0.264 e. The van der Waals surface area contributed by atoms with Gasteiger partial charge < -0.3 is 14.4 Å². The number of hydrogen-bond donors (Lipinski definition) is 1. The lowest BCUT2D eigenvalue weighted by atomic mass is 10.1. The molecule has 0 radical (unpaired) electrons. The van der Waals surface area contributed by atoms with Gasteiger partial charge in [-0.1, -0.05) is 33.6 Å². The zero-order chi connectivity index (χ0) is 19.4. The molecule has 0 saturated carbocycles. The maximum atomic E-state index is 10.5. The van der Waals surface area contributed by atoms with E-state index in [0.29, 0.717) is 13.0 Å². The van der Waals surface area contributed by atoms with Crippen molar-refractivity contribution in [1.29, 1.82) is 0 Å². The van der Waals surface area contributed by atoms with Crippen LogP contribution in [-0.4, -0.2) is 56.0 Å². The minimum atomic E-state index is -3.80. The highest BCUT2D eigenvalue weighted by atomic mass is 32.2. The first kappa shape index (κ1) is 23.2. The molecule has 0 aliphatic carbocycles. The Morgan fingerprint density at radius 2 is 1.69 bits per heavy atom. The molecule has 26 heavy (non-hydrogen) atoms. The number of unbranched alkanes of at least 4 members (excludes halogenated alkanes) is 3. The monoisotopic (exact) mass is 407 g/mol. The molecule has 152 valence electrons. The Morgan fingerprint density at radius 3 is 2.27 bits per heavy atom. The van der Waals surface area contributed by atoms with Crippen LogP contribution in [0, 0.1) is 0 Å². The van der Waals surface area contributed by atoms with Crippen LogP contribution in [0.5, 0.6) is 11.5 Å². The Morgan fingerprint density at radius 1 is 1.08 bits per heavy atom. The van der Waals surface area contributed by atoms with Crippen LogP contribution in [0.1, 0.15) is 52.9 Å². The second kappa shape index (κ2) is 12.5. The maximum absolute atomic E-state index is 10.5. The Bertz CT molecular complexity index is 579. The molecule has 6 nitrogen and oxygen atoms in total. The molecule has 1 aromatic heterocycles. The lowest BCUT2D eigenvalue weighted by molar-refractivity contribution is 0.0842. The summed E-state index contributed by atoms with van der Waals surface area (Å²) in [4.78, 5) is 2.38. The van der Waals surface area contributed by atoms with Gasteiger partial charge in [-0.15, -0.1) is 11.3 Å². The number of nitrogens with zero attached hydrogens (tertiary/aromatic N) is 1. The first-order chi connectivity index (χ1) is 12.4. The third-order valence-electron chi connectivity index (χ3n) is 4.33. The van der Waals surface area contributed by atoms with Gasteiger partial charge in [0.05, 0.1) is 5.75 Å². The van der Waals surface area contributed by atoms with Gasteiger partial charge in [0.15, 0.2) is 11.5 Å². The second-order valence-corrected chi connectivity index (χ2v) is 8.58. The standard InChI is InChI=1S/C12H18O5S2.C6H15N/c13-19(14,15)6-4-2-1-3-5-10-7-16-11-8-18-9-12(11)17-10;1-4-7(5-2)6-3/h8-10H,1-7H2,(H,13,14,15);4-6H2,1-3H3. The summed E-state index contributed by atoms with van der Waals surface area (Å²) >= 11 is 1.56. The van der Waals surface area contributed by atoms with Crippen LogP contribution in [0.4, 0.5) is 0 Å². The second-order valence-electron chi connectivity index (χ2n) is 6.26. The molecule has 8 heteroatoms. The first-order valence-electron chi connectivity index (χ1n) is 9.42. The Labute approximate surface area is 162 Å². The molecule has 1 N–H and O–H groups in total. The first-order valence-corrected chi connectivity index (χ1v) is 12.0. The fourth-order valence-electron chi connectivity index (χ4n) is 2.68. The van der Waals surface area contributed by atoms with Gasteiger partial charge in [-0.2, -0.15) is 8.42 Å². The minimum Gasteiger partial charge on any atom is -0.485 e. The molecule has 0 fully saturated rings. The van der Waals surface area contributed by atoms with Crippen LogP contribution in [0.3, 0.4) is 0 Å². The molecular formula is C18H33NO5S2. The van der Waals surface area contributed by atoms with Gasteiger partial charge in [0.1, 0.15) is 12.7 Å². The van der Waals surface area contributed by atoms with Crippen LogP contribution >= 0.6 is 11.3 Å². The molecule has 0 amide bonds. The number of hydrogen-bond acceptors (Lipinski definition) is 6. The van der Waals surface area contributed by atoms with Crippen molar-refractivity contribution >= 4 is 21.5 Å². The van der Waals surface area contributed by atoms with E-state index in [1.807, 2.05) is 10.8 Å². The molecule has 0 bridgehead atoms. The summed E-state index contributed by atoms with van der Waals surface area (Å²) < 4.78 is 41.0. The molecule has 0 saturated heterocycles. The summed E-state index contributed by atoms with van der Waals surface area (Å²) in [7, 11) is -3.80. The minimum absolute atomic E-state index is 0.0867. The number of ether oxygens (including phenoxy) is 2. The molecule has 2 heterocycles. The van der Waals surface area contributed by atoms with Crippen molar-refractivity contribution in [2.45, 2.75) is 59.0 Å². The predicted molar refractivity (Wildman–Crippen MR) is 107 cm³/mol. The zero-order valence-electron chi connectivity index (χ0n) is 16.1.